The smallest absolute Gasteiger partial charge is 0.260 e. The molecule has 1 fully saturated rings. The average Bonchev–Trinajstić information content (AvgIpc) is 3.28. The largest absolute Gasteiger partial charge is 0.493 e. The van der Waals surface area contributed by atoms with Gasteiger partial charge in [-0.3, -0.25) is 4.79 Å². The molecule has 1 saturated carbocycles. The molecule has 0 heterocycles. The number of benzene rings is 1. The van der Waals surface area contributed by atoms with Gasteiger partial charge in [-0.15, -0.1) is 0 Å². The molecule has 0 N–H and O–H groups in total. The zero-order chi connectivity index (χ0) is 14.7. The molecule has 0 aromatic heterocycles. The number of ether oxygens (including phenoxy) is 2. The van der Waals surface area contributed by atoms with Crippen LogP contribution in [0.5, 0.6) is 11.5 Å². The summed E-state index contributed by atoms with van der Waals surface area (Å²) >= 11 is 0. The Labute approximate surface area is 120 Å². The van der Waals surface area contributed by atoms with E-state index in [0.29, 0.717) is 23.5 Å². The predicted molar refractivity (Wildman–Crippen MR) is 78.2 cm³/mol. The molecule has 20 heavy (non-hydrogen) atoms. The number of rotatable bonds is 6. The molecule has 0 unspecified atom stereocenters. The molecule has 1 aliphatic rings. The lowest BCUT2D eigenvalue weighted by atomic mass is 10.2. The molecule has 0 spiro atoms. The van der Waals surface area contributed by atoms with E-state index in [9.17, 15) is 4.79 Å². The number of hydrogen-bond donors (Lipinski definition) is 0. The second kappa shape index (κ2) is 6.16. The zero-order valence-corrected chi connectivity index (χ0v) is 12.7. The Morgan fingerprint density at radius 2 is 2.10 bits per heavy atom. The van der Waals surface area contributed by atoms with Crippen LogP contribution >= 0.6 is 0 Å². The van der Waals surface area contributed by atoms with Crippen molar-refractivity contribution in [3.63, 3.8) is 0 Å². The Morgan fingerprint density at radius 3 is 2.70 bits per heavy atom. The lowest BCUT2D eigenvalue weighted by Gasteiger charge is -2.25. The standard InChI is InChI=1S/C16H23NO3/c1-11-5-8-14(15(9-11)19-4)20-10-16(18)17(3)12(2)13-6-7-13/h5,8-9,12-13H,6-7,10H2,1-4H3/t12-/m1/s1. The maximum absolute atomic E-state index is 12.1. The van der Waals surface area contributed by atoms with Gasteiger partial charge < -0.3 is 14.4 Å². The summed E-state index contributed by atoms with van der Waals surface area (Å²) in [6.07, 6.45) is 2.46. The van der Waals surface area contributed by atoms with Gasteiger partial charge in [0.1, 0.15) is 0 Å². The van der Waals surface area contributed by atoms with E-state index in [1.807, 2.05) is 32.2 Å². The molecule has 2 rings (SSSR count). The average molecular weight is 277 g/mol. The number of carbonyl (C=O) groups excluding carboxylic acids is 1. The van der Waals surface area contributed by atoms with Gasteiger partial charge in [-0.05, 0) is 50.3 Å². The first-order chi connectivity index (χ1) is 9.52. The normalized spacial score (nSPS) is 15.6. The number of nitrogens with zero attached hydrogens (tertiary/aromatic N) is 1. The first-order valence-electron chi connectivity index (χ1n) is 7.06. The van der Waals surface area contributed by atoms with Crippen molar-refractivity contribution in [1.29, 1.82) is 0 Å². The second-order valence-corrected chi connectivity index (χ2v) is 5.53. The van der Waals surface area contributed by atoms with Crippen LogP contribution in [0.25, 0.3) is 0 Å². The van der Waals surface area contributed by atoms with Crippen LogP contribution in [0, 0.1) is 12.8 Å². The van der Waals surface area contributed by atoms with Crippen molar-refractivity contribution in [2.75, 3.05) is 20.8 Å². The molecule has 1 amide bonds. The van der Waals surface area contributed by atoms with Gasteiger partial charge in [0, 0.05) is 13.1 Å². The lowest BCUT2D eigenvalue weighted by Crippen LogP contribution is -2.39. The Bertz CT molecular complexity index is 483. The molecular formula is C16H23NO3. The highest BCUT2D eigenvalue weighted by atomic mass is 16.5. The number of aryl methyl sites for hydroxylation is 1. The van der Waals surface area contributed by atoms with Crippen LogP contribution < -0.4 is 9.47 Å². The van der Waals surface area contributed by atoms with E-state index in [4.69, 9.17) is 9.47 Å². The van der Waals surface area contributed by atoms with Crippen LogP contribution in [-0.2, 0) is 4.79 Å². The fourth-order valence-electron chi connectivity index (χ4n) is 2.26. The summed E-state index contributed by atoms with van der Waals surface area (Å²) in [6, 6.07) is 5.98. The second-order valence-electron chi connectivity index (χ2n) is 5.53. The van der Waals surface area contributed by atoms with E-state index in [2.05, 4.69) is 6.92 Å². The first-order valence-corrected chi connectivity index (χ1v) is 7.06. The van der Waals surface area contributed by atoms with E-state index in [0.717, 1.165) is 5.56 Å². The Kier molecular flexibility index (Phi) is 4.53. The number of amides is 1. The van der Waals surface area contributed by atoms with Gasteiger partial charge in [0.05, 0.1) is 7.11 Å². The SMILES string of the molecule is COc1cc(C)ccc1OCC(=O)N(C)[C@H](C)C1CC1. The summed E-state index contributed by atoms with van der Waals surface area (Å²) in [5, 5.41) is 0. The summed E-state index contributed by atoms with van der Waals surface area (Å²) < 4.78 is 10.9. The Morgan fingerprint density at radius 1 is 1.40 bits per heavy atom. The van der Waals surface area contributed by atoms with Crippen molar-refractivity contribution in [3.8, 4) is 11.5 Å². The molecule has 1 atom stereocenters. The van der Waals surface area contributed by atoms with E-state index in [-0.39, 0.29) is 12.5 Å². The summed E-state index contributed by atoms with van der Waals surface area (Å²) in [6.45, 7) is 4.14. The minimum Gasteiger partial charge on any atom is -0.493 e. The van der Waals surface area contributed by atoms with Crippen molar-refractivity contribution < 1.29 is 14.3 Å². The topological polar surface area (TPSA) is 38.8 Å². The number of methoxy groups -OCH3 is 1. The molecule has 1 aliphatic carbocycles. The minimum absolute atomic E-state index is 0.00651. The van der Waals surface area contributed by atoms with Gasteiger partial charge >= 0.3 is 0 Å². The lowest BCUT2D eigenvalue weighted by molar-refractivity contribution is -0.134. The van der Waals surface area contributed by atoms with E-state index < -0.39 is 0 Å². The molecule has 1 aromatic carbocycles. The fourth-order valence-corrected chi connectivity index (χ4v) is 2.26. The molecule has 4 heteroatoms. The molecule has 4 nitrogen and oxygen atoms in total. The minimum atomic E-state index is 0.00651. The maximum Gasteiger partial charge on any atom is 0.260 e. The third-order valence-corrected chi connectivity index (χ3v) is 3.98. The highest BCUT2D eigenvalue weighted by molar-refractivity contribution is 5.78. The summed E-state index contributed by atoms with van der Waals surface area (Å²) in [4.78, 5) is 13.9. The summed E-state index contributed by atoms with van der Waals surface area (Å²) in [7, 11) is 3.45. The zero-order valence-electron chi connectivity index (χ0n) is 12.7. The number of carbonyl (C=O) groups is 1. The van der Waals surface area contributed by atoms with Crippen molar-refractivity contribution in [2.24, 2.45) is 5.92 Å². The van der Waals surface area contributed by atoms with Gasteiger partial charge in [0.15, 0.2) is 18.1 Å². The Hall–Kier alpha value is -1.71. The first kappa shape index (κ1) is 14.7. The van der Waals surface area contributed by atoms with Crippen molar-refractivity contribution in [1.82, 2.24) is 4.90 Å². The summed E-state index contributed by atoms with van der Waals surface area (Å²) in [5.41, 5.74) is 1.10. The molecule has 1 aromatic rings. The van der Waals surface area contributed by atoms with Gasteiger partial charge in [-0.2, -0.15) is 0 Å². The van der Waals surface area contributed by atoms with Gasteiger partial charge in [0.25, 0.3) is 5.91 Å². The third-order valence-electron chi connectivity index (χ3n) is 3.98. The highest BCUT2D eigenvalue weighted by Gasteiger charge is 2.32. The van der Waals surface area contributed by atoms with Gasteiger partial charge in [0.2, 0.25) is 0 Å². The summed E-state index contributed by atoms with van der Waals surface area (Å²) in [5.74, 6) is 1.94. The molecular weight excluding hydrogens is 254 g/mol. The highest BCUT2D eigenvalue weighted by Crippen LogP contribution is 2.34. The van der Waals surface area contributed by atoms with E-state index >= 15 is 0 Å². The fraction of sp³-hybridized carbons (Fsp3) is 0.562. The van der Waals surface area contributed by atoms with E-state index in [1.165, 1.54) is 12.8 Å². The van der Waals surface area contributed by atoms with Crippen LogP contribution in [0.15, 0.2) is 18.2 Å². The molecule has 0 aliphatic heterocycles. The molecule has 0 saturated heterocycles. The van der Waals surface area contributed by atoms with Gasteiger partial charge in [-0.1, -0.05) is 6.07 Å². The van der Waals surface area contributed by atoms with Crippen molar-refractivity contribution in [3.05, 3.63) is 23.8 Å². The Balaban J connectivity index is 1.92. The van der Waals surface area contributed by atoms with Crippen LogP contribution in [0.1, 0.15) is 25.3 Å². The van der Waals surface area contributed by atoms with Gasteiger partial charge in [-0.25, -0.2) is 0 Å². The molecule has 0 radical (unpaired) electrons. The van der Waals surface area contributed by atoms with Crippen molar-refractivity contribution in [2.45, 2.75) is 32.7 Å². The predicted octanol–water partition coefficient (Wildman–Crippen LogP) is 2.64. The van der Waals surface area contributed by atoms with Crippen LogP contribution in [0.3, 0.4) is 0 Å². The van der Waals surface area contributed by atoms with Crippen LogP contribution in [-0.4, -0.2) is 37.6 Å². The monoisotopic (exact) mass is 277 g/mol. The van der Waals surface area contributed by atoms with Crippen LogP contribution in [0.4, 0.5) is 0 Å². The van der Waals surface area contributed by atoms with Crippen molar-refractivity contribution >= 4 is 5.91 Å². The maximum atomic E-state index is 12.1. The quantitative estimate of drug-likeness (QED) is 0.802. The third kappa shape index (κ3) is 3.44. The molecule has 110 valence electrons. The number of likely N-dealkylation sites (N-methyl/N-ethyl adjacent to an activating group) is 1. The molecule has 0 bridgehead atoms. The van der Waals surface area contributed by atoms with Crippen LogP contribution in [0.2, 0.25) is 0 Å². The number of hydrogen-bond acceptors (Lipinski definition) is 3. The van der Waals surface area contributed by atoms with E-state index in [1.54, 1.807) is 12.0 Å².